The normalized spacial score (nSPS) is 11.7. The second kappa shape index (κ2) is 11.7. The van der Waals surface area contributed by atoms with Gasteiger partial charge in [0.25, 0.3) is 0 Å². The van der Waals surface area contributed by atoms with E-state index in [1.54, 1.807) is 12.1 Å². The van der Waals surface area contributed by atoms with Crippen molar-refractivity contribution in [1.29, 1.82) is 0 Å². The van der Waals surface area contributed by atoms with Crippen molar-refractivity contribution in [3.05, 3.63) is 70.2 Å². The lowest BCUT2D eigenvalue weighted by molar-refractivity contribution is 0.0505. The van der Waals surface area contributed by atoms with E-state index in [9.17, 15) is 13.6 Å². The summed E-state index contributed by atoms with van der Waals surface area (Å²) in [5.41, 5.74) is 9.84. The van der Waals surface area contributed by atoms with Crippen LogP contribution < -0.4 is 11.1 Å². The van der Waals surface area contributed by atoms with E-state index in [2.05, 4.69) is 15.3 Å². The Hall–Kier alpha value is -3.01. The van der Waals surface area contributed by atoms with Crippen molar-refractivity contribution in [2.45, 2.75) is 19.8 Å². The van der Waals surface area contributed by atoms with Gasteiger partial charge >= 0.3 is 5.97 Å². The minimum Gasteiger partial charge on any atom is -0.772 e. The molecule has 0 saturated carbocycles. The molecule has 174 valence electrons. The summed E-state index contributed by atoms with van der Waals surface area (Å²) in [7, 11) is 0. The van der Waals surface area contributed by atoms with Crippen molar-refractivity contribution in [2.24, 2.45) is 0 Å². The zero-order valence-corrected chi connectivity index (χ0v) is 19.6. The molecule has 0 aliphatic rings. The lowest BCUT2D eigenvalue weighted by atomic mass is 10.1. The van der Waals surface area contributed by atoms with Gasteiger partial charge < -0.3 is 20.3 Å². The van der Waals surface area contributed by atoms with E-state index in [1.165, 1.54) is 0 Å². The smallest absolute Gasteiger partial charge is 0.338 e. The summed E-state index contributed by atoms with van der Waals surface area (Å²) in [6.45, 7) is 2.59. The van der Waals surface area contributed by atoms with Gasteiger partial charge in [0.15, 0.2) is 0 Å². The number of carbonyl (C=O) groups is 1. The molecule has 0 radical (unpaired) electrons. The van der Waals surface area contributed by atoms with Crippen molar-refractivity contribution in [3.8, 4) is 11.3 Å². The maximum absolute atomic E-state index is 12.0. The molecule has 10 heteroatoms. The molecule has 1 heterocycles. The zero-order chi connectivity index (χ0) is 23.8. The SMILES string of the molecule is Cc1c(Cl)cccc1-c1cc(NCCc2ccc(C(=O)OCCCS(=O)[O-])cc2)nc(N)n1. The van der Waals surface area contributed by atoms with Crippen LogP contribution in [0.15, 0.2) is 48.5 Å². The molecule has 0 fully saturated rings. The van der Waals surface area contributed by atoms with Gasteiger partial charge in [-0.2, -0.15) is 4.98 Å². The predicted molar refractivity (Wildman–Crippen MR) is 129 cm³/mol. The van der Waals surface area contributed by atoms with Crippen molar-refractivity contribution < 1.29 is 18.3 Å². The van der Waals surface area contributed by atoms with Gasteiger partial charge in [0, 0.05) is 29.0 Å². The molecule has 0 amide bonds. The van der Waals surface area contributed by atoms with Gasteiger partial charge in [-0.1, -0.05) is 46.9 Å². The van der Waals surface area contributed by atoms with E-state index in [4.69, 9.17) is 22.1 Å². The first kappa shape index (κ1) is 24.6. The van der Waals surface area contributed by atoms with Gasteiger partial charge in [-0.3, -0.25) is 4.21 Å². The molecule has 3 aromatic rings. The molecule has 0 spiro atoms. The fourth-order valence-electron chi connectivity index (χ4n) is 3.15. The van der Waals surface area contributed by atoms with Crippen LogP contribution in [-0.4, -0.2) is 43.6 Å². The molecule has 0 saturated heterocycles. The van der Waals surface area contributed by atoms with Gasteiger partial charge in [0.05, 0.1) is 17.9 Å². The Bertz CT molecular complexity index is 1140. The largest absolute Gasteiger partial charge is 0.772 e. The Morgan fingerprint density at radius 1 is 1.21 bits per heavy atom. The van der Waals surface area contributed by atoms with Gasteiger partial charge in [-0.05, 0) is 49.1 Å². The molecule has 3 rings (SSSR count). The number of nitrogen functional groups attached to an aromatic ring is 1. The van der Waals surface area contributed by atoms with Gasteiger partial charge in [0.1, 0.15) is 5.82 Å². The summed E-state index contributed by atoms with van der Waals surface area (Å²) in [5.74, 6) is 0.267. The summed E-state index contributed by atoms with van der Waals surface area (Å²) in [5, 5.41) is 3.91. The quantitative estimate of drug-likeness (QED) is 0.251. The minimum absolute atomic E-state index is 0.0304. The number of hydrogen-bond acceptors (Lipinski definition) is 8. The average molecular weight is 488 g/mol. The first-order valence-electron chi connectivity index (χ1n) is 10.3. The zero-order valence-electron chi connectivity index (χ0n) is 18.0. The summed E-state index contributed by atoms with van der Waals surface area (Å²) < 4.78 is 26.1. The van der Waals surface area contributed by atoms with Crippen LogP contribution in [0.1, 0.15) is 27.9 Å². The van der Waals surface area contributed by atoms with Gasteiger partial charge in [0.2, 0.25) is 5.95 Å². The van der Waals surface area contributed by atoms with E-state index < -0.39 is 17.0 Å². The Morgan fingerprint density at radius 3 is 2.70 bits per heavy atom. The molecule has 8 nitrogen and oxygen atoms in total. The number of ether oxygens (including phenoxy) is 1. The standard InChI is InChI=1S/C23H25ClN4O4S/c1-15-18(4-2-5-19(15)24)20-14-21(28-23(25)27-20)26-11-10-16-6-8-17(9-7-16)22(29)32-12-3-13-33(30)31/h2,4-9,14H,3,10-13H2,1H3,(H,30,31)(H3,25,26,27,28)/p-1. The fraction of sp³-hybridized carbons (Fsp3) is 0.261. The number of esters is 1. The fourth-order valence-corrected chi connectivity index (χ4v) is 3.67. The van der Waals surface area contributed by atoms with E-state index in [-0.39, 0.29) is 24.7 Å². The number of hydrogen-bond donors (Lipinski definition) is 2. The van der Waals surface area contributed by atoms with Crippen LogP contribution in [0, 0.1) is 6.92 Å². The maximum Gasteiger partial charge on any atom is 0.338 e. The van der Waals surface area contributed by atoms with Crippen LogP contribution in [-0.2, 0) is 22.2 Å². The summed E-state index contributed by atoms with van der Waals surface area (Å²) in [6.07, 6.45) is 0.970. The molecule has 1 unspecified atom stereocenters. The highest BCUT2D eigenvalue weighted by Crippen LogP contribution is 2.28. The van der Waals surface area contributed by atoms with E-state index >= 15 is 0 Å². The maximum atomic E-state index is 12.0. The lowest BCUT2D eigenvalue weighted by Crippen LogP contribution is -2.10. The highest BCUT2D eigenvalue weighted by molar-refractivity contribution is 7.79. The number of benzene rings is 2. The Morgan fingerprint density at radius 2 is 1.97 bits per heavy atom. The number of nitrogens with two attached hydrogens (primary N) is 1. The third-order valence-corrected chi connectivity index (χ3v) is 5.92. The molecule has 3 N–H and O–H groups in total. The first-order valence-corrected chi connectivity index (χ1v) is 11.9. The van der Waals surface area contributed by atoms with Crippen LogP contribution in [0.5, 0.6) is 0 Å². The highest BCUT2D eigenvalue weighted by Gasteiger charge is 2.10. The lowest BCUT2D eigenvalue weighted by Gasteiger charge is -2.11. The molecular weight excluding hydrogens is 464 g/mol. The Kier molecular flexibility index (Phi) is 8.76. The van der Waals surface area contributed by atoms with Crippen LogP contribution in [0.25, 0.3) is 11.3 Å². The van der Waals surface area contributed by atoms with Crippen LogP contribution in [0.2, 0.25) is 5.02 Å². The molecule has 0 aliphatic carbocycles. The predicted octanol–water partition coefficient (Wildman–Crippen LogP) is 3.77. The van der Waals surface area contributed by atoms with Crippen LogP contribution >= 0.6 is 11.6 Å². The Balaban J connectivity index is 1.55. The Labute approximate surface area is 199 Å². The second-order valence-electron chi connectivity index (χ2n) is 7.28. The summed E-state index contributed by atoms with van der Waals surface area (Å²) in [4.78, 5) is 20.6. The second-order valence-corrected chi connectivity index (χ2v) is 8.70. The van der Waals surface area contributed by atoms with E-state index in [0.717, 1.165) is 16.7 Å². The van der Waals surface area contributed by atoms with E-state index in [0.29, 0.717) is 35.1 Å². The molecular formula is C23H24ClN4O4S-. The molecule has 33 heavy (non-hydrogen) atoms. The van der Waals surface area contributed by atoms with Crippen molar-refractivity contribution >= 4 is 40.4 Å². The topological polar surface area (TPSA) is 130 Å². The third-order valence-electron chi connectivity index (χ3n) is 4.89. The van der Waals surface area contributed by atoms with Crippen molar-refractivity contribution in [2.75, 3.05) is 30.0 Å². The average Bonchev–Trinajstić information content (AvgIpc) is 2.78. The molecule has 2 aromatic carbocycles. The summed E-state index contributed by atoms with van der Waals surface area (Å²) >= 11 is 4.10. The number of rotatable bonds is 10. The number of carbonyl (C=O) groups excluding carboxylic acids is 1. The van der Waals surface area contributed by atoms with E-state index in [1.807, 2.05) is 43.3 Å². The monoisotopic (exact) mass is 487 g/mol. The van der Waals surface area contributed by atoms with Crippen molar-refractivity contribution in [1.82, 2.24) is 9.97 Å². The first-order chi connectivity index (χ1) is 15.8. The minimum atomic E-state index is -2.13. The number of halogens is 1. The number of anilines is 2. The summed E-state index contributed by atoms with van der Waals surface area (Å²) in [6, 6.07) is 14.5. The highest BCUT2D eigenvalue weighted by atomic mass is 35.5. The van der Waals surface area contributed by atoms with Crippen molar-refractivity contribution in [3.63, 3.8) is 0 Å². The number of nitrogens with zero attached hydrogens (tertiary/aromatic N) is 2. The third kappa shape index (κ3) is 7.24. The van der Waals surface area contributed by atoms with Gasteiger partial charge in [-0.25, -0.2) is 9.78 Å². The molecule has 0 aliphatic heterocycles. The molecule has 1 atom stereocenters. The van der Waals surface area contributed by atoms with Crippen LogP contribution in [0.4, 0.5) is 11.8 Å². The number of aromatic nitrogens is 2. The molecule has 0 bridgehead atoms. The molecule has 1 aromatic heterocycles. The number of nitrogens with one attached hydrogen (secondary N) is 1. The van der Waals surface area contributed by atoms with Gasteiger partial charge in [-0.15, -0.1) is 0 Å². The van der Waals surface area contributed by atoms with Crippen LogP contribution in [0.3, 0.4) is 0 Å².